The Hall–Kier alpha value is -1.64. The molecule has 0 aromatic carbocycles. The smallest absolute Gasteiger partial charge is 0.156 e. The van der Waals surface area contributed by atoms with E-state index in [-0.39, 0.29) is 0 Å². The molecule has 2 fully saturated rings. The van der Waals surface area contributed by atoms with Crippen molar-refractivity contribution in [2.75, 3.05) is 0 Å². The van der Waals surface area contributed by atoms with Crippen molar-refractivity contribution in [3.05, 3.63) is 35.6 Å². The summed E-state index contributed by atoms with van der Waals surface area (Å²) in [5.74, 6) is 1.54. The Labute approximate surface area is 150 Å². The van der Waals surface area contributed by atoms with Crippen molar-refractivity contribution in [3.63, 3.8) is 0 Å². The molecule has 3 heteroatoms. The van der Waals surface area contributed by atoms with Crippen LogP contribution in [0.25, 0.3) is 11.2 Å². The minimum atomic E-state index is 0.663. The normalized spacial score (nSPS) is 22.3. The molecule has 0 radical (unpaired) electrons. The molecule has 25 heavy (non-hydrogen) atoms. The van der Waals surface area contributed by atoms with Gasteiger partial charge in [-0.1, -0.05) is 57.4 Å². The van der Waals surface area contributed by atoms with Gasteiger partial charge in [-0.25, -0.2) is 4.98 Å². The predicted molar refractivity (Wildman–Crippen MR) is 102 cm³/mol. The van der Waals surface area contributed by atoms with Gasteiger partial charge in [0.1, 0.15) is 0 Å². The SMILES string of the molecule is C1=C(CC2CCCCC2)c2c(ncc3nc(C4CCCCC4)cn23)C1. The zero-order chi connectivity index (χ0) is 16.6. The van der Waals surface area contributed by atoms with Gasteiger partial charge in [0.05, 0.1) is 23.3 Å². The molecule has 0 aliphatic heterocycles. The molecule has 0 spiro atoms. The van der Waals surface area contributed by atoms with Crippen molar-refractivity contribution >= 4 is 11.2 Å². The van der Waals surface area contributed by atoms with Gasteiger partial charge in [-0.15, -0.1) is 0 Å². The van der Waals surface area contributed by atoms with Crippen LogP contribution in [-0.2, 0) is 6.42 Å². The first-order valence-electron chi connectivity index (χ1n) is 10.4. The van der Waals surface area contributed by atoms with E-state index in [2.05, 4.69) is 16.7 Å². The van der Waals surface area contributed by atoms with Gasteiger partial charge in [-0.2, -0.15) is 0 Å². The second-order valence-corrected chi connectivity index (χ2v) is 8.42. The molecule has 0 atom stereocenters. The topological polar surface area (TPSA) is 30.2 Å². The second-order valence-electron chi connectivity index (χ2n) is 8.42. The summed E-state index contributed by atoms with van der Waals surface area (Å²) >= 11 is 0. The van der Waals surface area contributed by atoms with Gasteiger partial charge in [0.25, 0.3) is 0 Å². The molecule has 132 valence electrons. The fourth-order valence-electron chi connectivity index (χ4n) is 5.30. The van der Waals surface area contributed by atoms with E-state index in [1.807, 2.05) is 6.20 Å². The van der Waals surface area contributed by atoms with Crippen molar-refractivity contribution < 1.29 is 0 Å². The number of rotatable bonds is 3. The van der Waals surface area contributed by atoms with Gasteiger partial charge in [0, 0.05) is 18.5 Å². The number of nitrogens with zero attached hydrogens (tertiary/aromatic N) is 3. The minimum Gasteiger partial charge on any atom is -0.297 e. The molecule has 2 aromatic rings. The maximum absolute atomic E-state index is 4.97. The van der Waals surface area contributed by atoms with Crippen LogP contribution in [-0.4, -0.2) is 14.4 Å². The van der Waals surface area contributed by atoms with E-state index >= 15 is 0 Å². The lowest BCUT2D eigenvalue weighted by molar-refractivity contribution is 0.364. The average Bonchev–Trinajstić information content (AvgIpc) is 3.27. The minimum absolute atomic E-state index is 0.663. The molecule has 5 rings (SSSR count). The van der Waals surface area contributed by atoms with Gasteiger partial charge in [-0.05, 0) is 30.8 Å². The van der Waals surface area contributed by atoms with Crippen LogP contribution in [0.15, 0.2) is 18.5 Å². The third kappa shape index (κ3) is 2.92. The Bertz CT molecular complexity index is 789. The summed E-state index contributed by atoms with van der Waals surface area (Å²) in [4.78, 5) is 9.72. The lowest BCUT2D eigenvalue weighted by atomic mass is 9.84. The highest BCUT2D eigenvalue weighted by atomic mass is 15.0. The van der Waals surface area contributed by atoms with E-state index in [4.69, 9.17) is 9.97 Å². The molecule has 2 saturated carbocycles. The number of fused-ring (bicyclic) bond motifs is 3. The third-order valence-corrected chi connectivity index (χ3v) is 6.70. The number of aromatic nitrogens is 3. The van der Waals surface area contributed by atoms with Gasteiger partial charge in [0.15, 0.2) is 5.65 Å². The van der Waals surface area contributed by atoms with Crippen LogP contribution < -0.4 is 0 Å². The van der Waals surface area contributed by atoms with Crippen molar-refractivity contribution in [1.29, 1.82) is 0 Å². The molecule has 3 aliphatic carbocycles. The summed E-state index contributed by atoms with van der Waals surface area (Å²) in [6.45, 7) is 0. The van der Waals surface area contributed by atoms with Crippen LogP contribution in [0, 0.1) is 5.92 Å². The van der Waals surface area contributed by atoms with E-state index < -0.39 is 0 Å². The van der Waals surface area contributed by atoms with Crippen LogP contribution in [0.2, 0.25) is 0 Å². The molecule has 0 saturated heterocycles. The summed E-state index contributed by atoms with van der Waals surface area (Å²) in [5, 5.41) is 0. The molecule has 3 nitrogen and oxygen atoms in total. The quantitative estimate of drug-likeness (QED) is 0.721. The number of imidazole rings is 1. The van der Waals surface area contributed by atoms with Crippen molar-refractivity contribution in [3.8, 4) is 0 Å². The van der Waals surface area contributed by atoms with E-state index in [0.717, 1.165) is 18.0 Å². The molecular weight excluding hydrogens is 306 g/mol. The summed E-state index contributed by atoms with van der Waals surface area (Å²) in [7, 11) is 0. The maximum Gasteiger partial charge on any atom is 0.156 e. The Kier molecular flexibility index (Phi) is 4.11. The predicted octanol–water partition coefficient (Wildman–Crippen LogP) is 5.69. The highest BCUT2D eigenvalue weighted by Gasteiger charge is 2.25. The zero-order valence-corrected chi connectivity index (χ0v) is 15.2. The largest absolute Gasteiger partial charge is 0.297 e. The van der Waals surface area contributed by atoms with Crippen LogP contribution in [0.4, 0.5) is 0 Å². The Morgan fingerprint density at radius 3 is 2.52 bits per heavy atom. The zero-order valence-electron chi connectivity index (χ0n) is 15.2. The first-order chi connectivity index (χ1) is 12.4. The summed E-state index contributed by atoms with van der Waals surface area (Å²) < 4.78 is 2.37. The molecule has 2 aromatic heterocycles. The molecular formula is C22H29N3. The van der Waals surface area contributed by atoms with E-state index in [9.17, 15) is 0 Å². The van der Waals surface area contributed by atoms with Crippen LogP contribution in [0.5, 0.6) is 0 Å². The average molecular weight is 335 g/mol. The standard InChI is InChI=1S/C22H29N3/c1-3-7-16(8-4-1)13-18-11-12-19-22(18)25-15-20(24-21(25)14-23-19)17-9-5-2-6-10-17/h11,14-17H,1-10,12-13H2. The maximum atomic E-state index is 4.97. The van der Waals surface area contributed by atoms with Crippen LogP contribution in [0.3, 0.4) is 0 Å². The van der Waals surface area contributed by atoms with E-state index in [0.29, 0.717) is 5.92 Å². The highest BCUT2D eigenvalue weighted by molar-refractivity contribution is 5.71. The number of hydrogen-bond acceptors (Lipinski definition) is 2. The monoisotopic (exact) mass is 335 g/mol. The summed E-state index contributed by atoms with van der Waals surface area (Å²) in [5.41, 5.74) is 6.52. The van der Waals surface area contributed by atoms with Gasteiger partial charge in [-0.3, -0.25) is 9.38 Å². The van der Waals surface area contributed by atoms with Crippen LogP contribution >= 0.6 is 0 Å². The van der Waals surface area contributed by atoms with E-state index in [1.165, 1.54) is 93.3 Å². The van der Waals surface area contributed by atoms with Crippen molar-refractivity contribution in [2.45, 2.75) is 83.0 Å². The fraction of sp³-hybridized carbons (Fsp3) is 0.636. The van der Waals surface area contributed by atoms with E-state index in [1.54, 1.807) is 0 Å². The first-order valence-corrected chi connectivity index (χ1v) is 10.4. The van der Waals surface area contributed by atoms with Gasteiger partial charge < -0.3 is 0 Å². The first kappa shape index (κ1) is 15.6. The fourth-order valence-corrected chi connectivity index (χ4v) is 5.30. The summed E-state index contributed by atoms with van der Waals surface area (Å²) in [6.07, 6.45) is 22.8. The number of allylic oxidation sites excluding steroid dienone is 2. The Balaban J connectivity index is 1.47. The van der Waals surface area contributed by atoms with Crippen molar-refractivity contribution in [2.24, 2.45) is 5.92 Å². The van der Waals surface area contributed by atoms with Crippen LogP contribution in [0.1, 0.15) is 93.6 Å². The Morgan fingerprint density at radius 1 is 0.960 bits per heavy atom. The third-order valence-electron chi connectivity index (χ3n) is 6.70. The summed E-state index contributed by atoms with van der Waals surface area (Å²) in [6, 6.07) is 0. The molecule has 2 heterocycles. The lowest BCUT2D eigenvalue weighted by Gasteiger charge is -2.22. The molecule has 0 N–H and O–H groups in total. The molecule has 3 aliphatic rings. The highest BCUT2D eigenvalue weighted by Crippen LogP contribution is 2.38. The lowest BCUT2D eigenvalue weighted by Crippen LogP contribution is -2.08. The van der Waals surface area contributed by atoms with Gasteiger partial charge in [0.2, 0.25) is 0 Å². The molecule has 0 amide bonds. The molecule has 0 bridgehead atoms. The Morgan fingerprint density at radius 2 is 1.72 bits per heavy atom. The van der Waals surface area contributed by atoms with Crippen molar-refractivity contribution in [1.82, 2.24) is 14.4 Å². The second kappa shape index (κ2) is 6.59. The molecule has 0 unspecified atom stereocenters. The number of hydrogen-bond donors (Lipinski definition) is 0. The van der Waals surface area contributed by atoms with Gasteiger partial charge >= 0.3 is 0 Å².